The number of aromatic nitrogens is 2. The van der Waals surface area contributed by atoms with E-state index in [1.807, 2.05) is 30.7 Å². The monoisotopic (exact) mass is 557 g/mol. The molecule has 1 amide bonds. The molecule has 0 bridgehead atoms. The molecule has 0 spiro atoms. The van der Waals surface area contributed by atoms with Crippen molar-refractivity contribution in [3.63, 3.8) is 0 Å². The van der Waals surface area contributed by atoms with Crippen molar-refractivity contribution in [1.82, 2.24) is 14.3 Å². The molecule has 4 aromatic carbocycles. The van der Waals surface area contributed by atoms with Gasteiger partial charge >= 0.3 is 0 Å². The molecule has 1 heterocycles. The zero-order valence-corrected chi connectivity index (χ0v) is 22.8. The number of rotatable bonds is 9. The Hall–Kier alpha value is -3.51. The van der Waals surface area contributed by atoms with Crippen molar-refractivity contribution in [3.8, 4) is 0 Å². The highest BCUT2D eigenvalue weighted by molar-refractivity contribution is 7.99. The van der Waals surface area contributed by atoms with Crippen molar-refractivity contribution < 1.29 is 4.79 Å². The summed E-state index contributed by atoms with van der Waals surface area (Å²) in [7, 11) is 0. The molecule has 5 aromatic rings. The van der Waals surface area contributed by atoms with Gasteiger partial charge in [0.05, 0.1) is 16.3 Å². The summed E-state index contributed by atoms with van der Waals surface area (Å²) in [4.78, 5) is 17.2. The molecule has 0 aliphatic heterocycles. The summed E-state index contributed by atoms with van der Waals surface area (Å²) in [5, 5.41) is 3.74. The van der Waals surface area contributed by atoms with E-state index in [0.29, 0.717) is 28.6 Å². The fourth-order valence-electron chi connectivity index (χ4n) is 4.43. The third-order valence-electron chi connectivity index (χ3n) is 6.24. The van der Waals surface area contributed by atoms with Gasteiger partial charge in [-0.15, -0.1) is 0 Å². The number of carbonyl (C=O) groups excluding carboxylic acids is 1. The summed E-state index contributed by atoms with van der Waals surface area (Å²) in [6, 6.07) is 36.4. The number of benzene rings is 4. The highest BCUT2D eigenvalue weighted by Gasteiger charge is 2.38. The molecular formula is C31H25Cl2N3OS. The zero-order valence-electron chi connectivity index (χ0n) is 20.4. The Kier molecular flexibility index (Phi) is 8.18. The number of halogens is 2. The van der Waals surface area contributed by atoms with Gasteiger partial charge in [0.2, 0.25) is 0 Å². The summed E-state index contributed by atoms with van der Waals surface area (Å²) >= 11 is 13.8. The van der Waals surface area contributed by atoms with Crippen LogP contribution in [0.4, 0.5) is 0 Å². The van der Waals surface area contributed by atoms with E-state index in [1.165, 1.54) is 16.7 Å². The topological polar surface area (TPSA) is 46.9 Å². The van der Waals surface area contributed by atoms with E-state index < -0.39 is 4.75 Å². The van der Waals surface area contributed by atoms with Gasteiger partial charge in [-0.25, -0.2) is 4.98 Å². The SMILES string of the molecule is O=C(NCCc1cn(SC(c2ccccc2)(c2ccccc2)c2ccccc2)cn1)c1ccc(Cl)cc1Cl. The molecular weight excluding hydrogens is 533 g/mol. The van der Waals surface area contributed by atoms with E-state index in [4.69, 9.17) is 23.2 Å². The van der Waals surface area contributed by atoms with E-state index in [1.54, 1.807) is 30.1 Å². The van der Waals surface area contributed by atoms with Gasteiger partial charge in [-0.2, -0.15) is 0 Å². The van der Waals surface area contributed by atoms with Gasteiger partial charge in [0.1, 0.15) is 11.1 Å². The van der Waals surface area contributed by atoms with Crippen LogP contribution in [0.1, 0.15) is 32.7 Å². The molecule has 0 radical (unpaired) electrons. The van der Waals surface area contributed by atoms with Gasteiger partial charge < -0.3 is 5.32 Å². The third-order valence-corrected chi connectivity index (χ3v) is 8.18. The van der Waals surface area contributed by atoms with Crippen LogP contribution in [0.3, 0.4) is 0 Å². The predicted molar refractivity (Wildman–Crippen MR) is 157 cm³/mol. The molecule has 0 aliphatic rings. The van der Waals surface area contributed by atoms with Crippen LogP contribution in [-0.2, 0) is 11.2 Å². The number of hydrogen-bond donors (Lipinski definition) is 1. The Balaban J connectivity index is 1.39. The van der Waals surface area contributed by atoms with E-state index >= 15 is 0 Å². The first kappa shape index (κ1) is 26.1. The van der Waals surface area contributed by atoms with Crippen LogP contribution in [0.2, 0.25) is 10.0 Å². The zero-order chi connectivity index (χ0) is 26.4. The summed E-state index contributed by atoms with van der Waals surface area (Å²) < 4.78 is 1.56. The molecule has 0 aliphatic carbocycles. The van der Waals surface area contributed by atoms with Crippen molar-refractivity contribution in [3.05, 3.63) is 160 Å². The summed E-state index contributed by atoms with van der Waals surface area (Å²) in [5.74, 6) is -0.239. The van der Waals surface area contributed by atoms with E-state index in [0.717, 1.165) is 5.69 Å². The van der Waals surface area contributed by atoms with Crippen LogP contribution in [0.5, 0.6) is 0 Å². The average molecular weight is 559 g/mol. The van der Waals surface area contributed by atoms with Gasteiger partial charge in [-0.1, -0.05) is 114 Å². The number of imidazole rings is 1. The molecule has 0 unspecified atom stereocenters. The first-order valence-electron chi connectivity index (χ1n) is 12.2. The molecule has 38 heavy (non-hydrogen) atoms. The second-order valence-electron chi connectivity index (χ2n) is 8.73. The Morgan fingerprint density at radius 2 is 1.37 bits per heavy atom. The van der Waals surface area contributed by atoms with Crippen LogP contribution >= 0.6 is 35.1 Å². The number of hydrogen-bond acceptors (Lipinski definition) is 3. The van der Waals surface area contributed by atoms with Crippen molar-refractivity contribution >= 4 is 41.1 Å². The van der Waals surface area contributed by atoms with Crippen LogP contribution in [-0.4, -0.2) is 21.4 Å². The Morgan fingerprint density at radius 1 is 0.816 bits per heavy atom. The van der Waals surface area contributed by atoms with Crippen LogP contribution in [0.15, 0.2) is 122 Å². The quantitative estimate of drug-likeness (QED) is 0.189. The molecule has 4 nitrogen and oxygen atoms in total. The third kappa shape index (κ3) is 5.65. The molecule has 0 saturated heterocycles. The average Bonchev–Trinajstić information content (AvgIpc) is 3.40. The van der Waals surface area contributed by atoms with Crippen molar-refractivity contribution in [2.24, 2.45) is 0 Å². The lowest BCUT2D eigenvalue weighted by molar-refractivity contribution is 0.0954. The Bertz CT molecular complexity index is 1410. The minimum absolute atomic E-state index is 0.239. The largest absolute Gasteiger partial charge is 0.352 e. The fourth-order valence-corrected chi connectivity index (χ4v) is 6.24. The normalized spacial score (nSPS) is 11.3. The molecule has 7 heteroatoms. The molecule has 1 N–H and O–H groups in total. The Morgan fingerprint density at radius 3 is 1.89 bits per heavy atom. The lowest BCUT2D eigenvalue weighted by Gasteiger charge is -2.35. The molecule has 1 aromatic heterocycles. The molecule has 190 valence electrons. The summed E-state index contributed by atoms with van der Waals surface area (Å²) in [6.07, 6.45) is 4.44. The number of nitrogens with zero attached hydrogens (tertiary/aromatic N) is 2. The standard InChI is InChI=1S/C31H25Cl2N3OS/c32-26-16-17-28(29(33)20-26)30(37)34-19-18-27-21-36(22-35-27)38-31(23-10-4-1-5-11-23,24-12-6-2-7-13-24)25-14-8-3-9-15-25/h1-17,20-22H,18-19H2,(H,34,37). The van der Waals surface area contributed by atoms with Gasteiger partial charge in [-0.05, 0) is 46.8 Å². The van der Waals surface area contributed by atoms with Gasteiger partial charge in [0.25, 0.3) is 5.91 Å². The number of nitrogens with one attached hydrogen (secondary N) is 1. The maximum Gasteiger partial charge on any atom is 0.252 e. The minimum atomic E-state index is -0.499. The summed E-state index contributed by atoms with van der Waals surface area (Å²) in [6.45, 7) is 0.431. The molecule has 5 rings (SSSR count). The second kappa shape index (κ2) is 11.9. The minimum Gasteiger partial charge on any atom is -0.352 e. The van der Waals surface area contributed by atoms with E-state index in [-0.39, 0.29) is 5.91 Å². The number of carbonyl (C=O) groups is 1. The smallest absolute Gasteiger partial charge is 0.252 e. The maximum absolute atomic E-state index is 12.6. The van der Waals surface area contributed by atoms with Gasteiger partial charge in [-0.3, -0.25) is 8.77 Å². The van der Waals surface area contributed by atoms with Crippen molar-refractivity contribution in [2.75, 3.05) is 6.54 Å². The van der Waals surface area contributed by atoms with Gasteiger partial charge in [0, 0.05) is 24.2 Å². The van der Waals surface area contributed by atoms with E-state index in [2.05, 4.69) is 87.1 Å². The highest BCUT2D eigenvalue weighted by atomic mass is 35.5. The predicted octanol–water partition coefficient (Wildman–Crippen LogP) is 7.65. The second-order valence-corrected chi connectivity index (χ2v) is 10.8. The summed E-state index contributed by atoms with van der Waals surface area (Å²) in [5.41, 5.74) is 4.79. The molecule has 0 fully saturated rings. The Labute approximate surface area is 236 Å². The van der Waals surface area contributed by atoms with Crippen LogP contribution < -0.4 is 5.32 Å². The lowest BCUT2D eigenvalue weighted by Crippen LogP contribution is -2.27. The molecule has 0 atom stereocenters. The maximum atomic E-state index is 12.6. The van der Waals surface area contributed by atoms with E-state index in [9.17, 15) is 4.79 Å². The highest BCUT2D eigenvalue weighted by Crippen LogP contribution is 2.48. The molecule has 0 saturated carbocycles. The first-order valence-corrected chi connectivity index (χ1v) is 13.7. The lowest BCUT2D eigenvalue weighted by atomic mass is 9.84. The first-order chi connectivity index (χ1) is 18.6. The van der Waals surface area contributed by atoms with Crippen molar-refractivity contribution in [1.29, 1.82) is 0 Å². The van der Waals surface area contributed by atoms with Crippen molar-refractivity contribution in [2.45, 2.75) is 11.2 Å². The van der Waals surface area contributed by atoms with Gasteiger partial charge in [0.15, 0.2) is 0 Å². The number of amides is 1. The fraction of sp³-hybridized carbons (Fsp3) is 0.0968. The van der Waals surface area contributed by atoms with Crippen LogP contribution in [0, 0.1) is 0 Å². The van der Waals surface area contributed by atoms with Crippen LogP contribution in [0.25, 0.3) is 0 Å².